The lowest BCUT2D eigenvalue weighted by atomic mass is 10.1. The third kappa shape index (κ3) is 3.82. The summed E-state index contributed by atoms with van der Waals surface area (Å²) in [5.41, 5.74) is 4.86. The van der Waals surface area contributed by atoms with Gasteiger partial charge in [-0.1, -0.05) is 40.2 Å². The van der Waals surface area contributed by atoms with Crippen LogP contribution < -0.4 is 5.32 Å². The molecule has 0 aliphatic heterocycles. The first-order chi connectivity index (χ1) is 9.20. The van der Waals surface area contributed by atoms with Gasteiger partial charge in [0.1, 0.15) is 0 Å². The number of ether oxygens (including phenoxy) is 1. The summed E-state index contributed by atoms with van der Waals surface area (Å²) in [7, 11) is 1.72. The van der Waals surface area contributed by atoms with E-state index in [1.54, 1.807) is 7.11 Å². The van der Waals surface area contributed by atoms with Gasteiger partial charge in [0, 0.05) is 23.8 Å². The molecule has 1 N–H and O–H groups in total. The van der Waals surface area contributed by atoms with Crippen molar-refractivity contribution in [1.29, 1.82) is 0 Å². The molecule has 0 unspecified atom stereocenters. The van der Waals surface area contributed by atoms with Gasteiger partial charge >= 0.3 is 0 Å². The Morgan fingerprint density at radius 2 is 1.84 bits per heavy atom. The van der Waals surface area contributed by atoms with Crippen LogP contribution in [0.5, 0.6) is 0 Å². The lowest BCUT2D eigenvalue weighted by molar-refractivity contribution is 0.184. The fourth-order valence-electron chi connectivity index (χ4n) is 1.98. The number of rotatable bonds is 5. The minimum absolute atomic E-state index is 0.650. The van der Waals surface area contributed by atoms with Crippen molar-refractivity contribution in [3.8, 4) is 0 Å². The van der Waals surface area contributed by atoms with Crippen LogP contribution in [-0.2, 0) is 17.9 Å². The molecule has 0 heterocycles. The SMILES string of the molecule is COCc1ccccc1CNc1ccc(Br)c(C)c1. The van der Waals surface area contributed by atoms with Crippen molar-refractivity contribution in [3.05, 3.63) is 63.6 Å². The van der Waals surface area contributed by atoms with Crippen LogP contribution >= 0.6 is 15.9 Å². The van der Waals surface area contributed by atoms with E-state index in [1.165, 1.54) is 16.7 Å². The quantitative estimate of drug-likeness (QED) is 0.875. The predicted molar refractivity (Wildman–Crippen MR) is 83.4 cm³/mol. The van der Waals surface area contributed by atoms with Gasteiger partial charge in [-0.05, 0) is 41.8 Å². The Labute approximate surface area is 122 Å². The number of hydrogen-bond donors (Lipinski definition) is 1. The van der Waals surface area contributed by atoms with E-state index in [-0.39, 0.29) is 0 Å². The molecule has 0 saturated carbocycles. The Kier molecular flexibility index (Phi) is 5.00. The van der Waals surface area contributed by atoms with Crippen LogP contribution in [-0.4, -0.2) is 7.11 Å². The van der Waals surface area contributed by atoms with E-state index in [2.05, 4.69) is 64.6 Å². The third-order valence-electron chi connectivity index (χ3n) is 3.06. The second kappa shape index (κ2) is 6.73. The summed E-state index contributed by atoms with van der Waals surface area (Å²) in [4.78, 5) is 0. The summed E-state index contributed by atoms with van der Waals surface area (Å²) in [5, 5.41) is 3.45. The molecule has 0 aromatic heterocycles. The maximum atomic E-state index is 5.22. The Morgan fingerprint density at radius 1 is 1.11 bits per heavy atom. The summed E-state index contributed by atoms with van der Waals surface area (Å²) in [6.45, 7) is 3.55. The number of hydrogen-bond acceptors (Lipinski definition) is 2. The Morgan fingerprint density at radius 3 is 2.53 bits per heavy atom. The van der Waals surface area contributed by atoms with Gasteiger partial charge in [-0.25, -0.2) is 0 Å². The fourth-order valence-corrected chi connectivity index (χ4v) is 2.22. The van der Waals surface area contributed by atoms with Crippen molar-refractivity contribution in [3.63, 3.8) is 0 Å². The first kappa shape index (κ1) is 14.1. The zero-order chi connectivity index (χ0) is 13.7. The molecule has 0 atom stereocenters. The molecule has 0 aliphatic rings. The van der Waals surface area contributed by atoms with Crippen LogP contribution in [0.3, 0.4) is 0 Å². The molecule has 2 aromatic carbocycles. The molecule has 0 spiro atoms. The number of benzene rings is 2. The number of methoxy groups -OCH3 is 1. The highest BCUT2D eigenvalue weighted by molar-refractivity contribution is 9.10. The molecule has 2 rings (SSSR count). The molecule has 0 saturated heterocycles. The van der Waals surface area contributed by atoms with Gasteiger partial charge in [0.05, 0.1) is 6.61 Å². The molecule has 19 heavy (non-hydrogen) atoms. The molecule has 0 bridgehead atoms. The van der Waals surface area contributed by atoms with Gasteiger partial charge in [0.15, 0.2) is 0 Å². The van der Waals surface area contributed by atoms with E-state index in [0.717, 1.165) is 16.7 Å². The summed E-state index contributed by atoms with van der Waals surface area (Å²) in [5.74, 6) is 0. The first-order valence-corrected chi connectivity index (χ1v) is 7.05. The number of halogens is 1. The third-order valence-corrected chi connectivity index (χ3v) is 3.95. The van der Waals surface area contributed by atoms with Gasteiger partial charge in [0.2, 0.25) is 0 Å². The van der Waals surface area contributed by atoms with E-state index in [4.69, 9.17) is 4.74 Å². The van der Waals surface area contributed by atoms with Crippen LogP contribution in [0.1, 0.15) is 16.7 Å². The van der Waals surface area contributed by atoms with Crippen molar-refractivity contribution >= 4 is 21.6 Å². The lowest BCUT2D eigenvalue weighted by Gasteiger charge is -2.11. The lowest BCUT2D eigenvalue weighted by Crippen LogP contribution is -2.03. The number of nitrogens with one attached hydrogen (secondary N) is 1. The van der Waals surface area contributed by atoms with Crippen LogP contribution in [0.25, 0.3) is 0 Å². The molecule has 0 aliphatic carbocycles. The Hall–Kier alpha value is -1.32. The maximum absolute atomic E-state index is 5.22. The molecule has 0 amide bonds. The maximum Gasteiger partial charge on any atom is 0.0716 e. The highest BCUT2D eigenvalue weighted by atomic mass is 79.9. The van der Waals surface area contributed by atoms with E-state index in [9.17, 15) is 0 Å². The fraction of sp³-hybridized carbons (Fsp3) is 0.250. The molecule has 0 fully saturated rings. The van der Waals surface area contributed by atoms with Gasteiger partial charge in [-0.3, -0.25) is 0 Å². The molecule has 0 radical (unpaired) electrons. The van der Waals surface area contributed by atoms with E-state index in [1.807, 2.05) is 6.07 Å². The number of anilines is 1. The van der Waals surface area contributed by atoms with Gasteiger partial charge in [0.25, 0.3) is 0 Å². The largest absolute Gasteiger partial charge is 0.381 e. The normalized spacial score (nSPS) is 10.5. The van der Waals surface area contributed by atoms with Crippen molar-refractivity contribution in [2.75, 3.05) is 12.4 Å². The Bertz CT molecular complexity index is 554. The highest BCUT2D eigenvalue weighted by Crippen LogP contribution is 2.21. The van der Waals surface area contributed by atoms with Crippen LogP contribution in [0, 0.1) is 6.92 Å². The van der Waals surface area contributed by atoms with E-state index < -0.39 is 0 Å². The average Bonchev–Trinajstić information content (AvgIpc) is 2.42. The van der Waals surface area contributed by atoms with Gasteiger partial charge < -0.3 is 10.1 Å². The van der Waals surface area contributed by atoms with E-state index in [0.29, 0.717) is 6.61 Å². The van der Waals surface area contributed by atoms with Gasteiger partial charge in [-0.2, -0.15) is 0 Å². The average molecular weight is 320 g/mol. The number of aryl methyl sites for hydroxylation is 1. The Balaban J connectivity index is 2.07. The summed E-state index contributed by atoms with van der Waals surface area (Å²) in [6, 6.07) is 14.6. The molecule has 2 nitrogen and oxygen atoms in total. The molecule has 2 aromatic rings. The smallest absolute Gasteiger partial charge is 0.0716 e. The van der Waals surface area contributed by atoms with Crippen molar-refractivity contribution in [2.24, 2.45) is 0 Å². The minimum atomic E-state index is 0.650. The first-order valence-electron chi connectivity index (χ1n) is 6.26. The standard InChI is InChI=1S/C16H18BrNO/c1-12-9-15(7-8-16(12)17)18-10-13-5-3-4-6-14(13)11-19-2/h3-9,18H,10-11H2,1-2H3. The highest BCUT2D eigenvalue weighted by Gasteiger charge is 2.02. The van der Waals surface area contributed by atoms with Crippen LogP contribution in [0.2, 0.25) is 0 Å². The topological polar surface area (TPSA) is 21.3 Å². The minimum Gasteiger partial charge on any atom is -0.381 e. The monoisotopic (exact) mass is 319 g/mol. The molecular formula is C16H18BrNO. The zero-order valence-electron chi connectivity index (χ0n) is 11.2. The zero-order valence-corrected chi connectivity index (χ0v) is 12.8. The summed E-state index contributed by atoms with van der Waals surface area (Å²) < 4.78 is 6.36. The second-order valence-corrected chi connectivity index (χ2v) is 5.37. The molecule has 3 heteroatoms. The van der Waals surface area contributed by atoms with Crippen molar-refractivity contribution in [2.45, 2.75) is 20.1 Å². The van der Waals surface area contributed by atoms with Gasteiger partial charge in [-0.15, -0.1) is 0 Å². The van der Waals surface area contributed by atoms with Crippen molar-refractivity contribution < 1.29 is 4.74 Å². The predicted octanol–water partition coefficient (Wildman–Crippen LogP) is 4.52. The van der Waals surface area contributed by atoms with E-state index >= 15 is 0 Å². The summed E-state index contributed by atoms with van der Waals surface area (Å²) in [6.07, 6.45) is 0. The second-order valence-electron chi connectivity index (χ2n) is 4.52. The van der Waals surface area contributed by atoms with Crippen molar-refractivity contribution in [1.82, 2.24) is 0 Å². The molecular weight excluding hydrogens is 302 g/mol. The summed E-state index contributed by atoms with van der Waals surface area (Å²) >= 11 is 3.51. The molecule has 100 valence electrons. The van der Waals surface area contributed by atoms with Crippen LogP contribution in [0.4, 0.5) is 5.69 Å². The van der Waals surface area contributed by atoms with Crippen LogP contribution in [0.15, 0.2) is 46.9 Å².